The Morgan fingerprint density at radius 1 is 1.35 bits per heavy atom. The van der Waals surface area contributed by atoms with Gasteiger partial charge < -0.3 is 36.4 Å². The molecule has 3 rings (SSSR count). The highest BCUT2D eigenvalue weighted by Crippen LogP contribution is 2.28. The van der Waals surface area contributed by atoms with Crippen molar-refractivity contribution in [3.05, 3.63) is 0 Å². The van der Waals surface area contributed by atoms with Gasteiger partial charge in [0.25, 0.3) is 0 Å². The Morgan fingerprint density at radius 2 is 2.10 bits per heavy atom. The van der Waals surface area contributed by atoms with Gasteiger partial charge >= 0.3 is 0 Å². The molecule has 3 saturated heterocycles. The fourth-order valence-electron chi connectivity index (χ4n) is 2.94. The van der Waals surface area contributed by atoms with Gasteiger partial charge in [-0.1, -0.05) is 0 Å². The summed E-state index contributed by atoms with van der Waals surface area (Å²) in [4.78, 5) is 1.81. The van der Waals surface area contributed by atoms with Crippen molar-refractivity contribution in [3.63, 3.8) is 0 Å². The van der Waals surface area contributed by atoms with E-state index in [-0.39, 0.29) is 25.0 Å². The number of fused-ring (bicyclic) bond motifs is 1. The molecule has 3 aliphatic heterocycles. The van der Waals surface area contributed by atoms with Crippen LogP contribution in [0, 0.1) is 0 Å². The maximum absolute atomic E-state index is 10.1. The molecule has 3 heterocycles. The number of nitrogens with two attached hydrogens (primary N) is 1. The molecule has 0 aromatic rings. The van der Waals surface area contributed by atoms with E-state index in [4.69, 9.17) is 27.8 Å². The molecule has 0 amide bonds. The Bertz CT molecular complexity index is 402. The zero-order chi connectivity index (χ0) is 14.4. The first-order chi connectivity index (χ1) is 9.52. The van der Waals surface area contributed by atoms with Crippen molar-refractivity contribution in [1.29, 1.82) is 0 Å². The standard InChI is InChI=1S/C10H19N5O4S/c11-7-4-8(14-10(20)13-7)15(2-12-4)9-6(18)5(17)3(1-16)19-9/h3-9,12,16-18H,1-2,11H2,(H2,13,14,20)/t3-,4?,5-,6-,7?,8?,9-/m1/s1. The van der Waals surface area contributed by atoms with Crippen molar-refractivity contribution in [1.82, 2.24) is 20.9 Å². The SMILES string of the molecule is NC1NC(=S)NC2C1NCN2[C@@H]1O[C@H](CO)[C@@H](O)[C@H]1O. The predicted molar refractivity (Wildman–Crippen MR) is 72.0 cm³/mol. The summed E-state index contributed by atoms with van der Waals surface area (Å²) in [6.45, 7) is 0.0733. The van der Waals surface area contributed by atoms with Crippen LogP contribution in [-0.2, 0) is 4.74 Å². The van der Waals surface area contributed by atoms with Gasteiger partial charge in [0.15, 0.2) is 5.11 Å². The van der Waals surface area contributed by atoms with Gasteiger partial charge in [-0.3, -0.25) is 5.32 Å². The van der Waals surface area contributed by atoms with Gasteiger partial charge in [0.2, 0.25) is 0 Å². The highest BCUT2D eigenvalue weighted by molar-refractivity contribution is 7.80. The van der Waals surface area contributed by atoms with Crippen LogP contribution >= 0.6 is 12.2 Å². The van der Waals surface area contributed by atoms with Gasteiger partial charge in [-0.25, -0.2) is 4.90 Å². The van der Waals surface area contributed by atoms with Crippen LogP contribution in [0.3, 0.4) is 0 Å². The van der Waals surface area contributed by atoms with E-state index in [1.165, 1.54) is 0 Å². The van der Waals surface area contributed by atoms with E-state index in [0.717, 1.165) is 0 Å². The molecule has 0 saturated carbocycles. The monoisotopic (exact) mass is 305 g/mol. The lowest BCUT2D eigenvalue weighted by Gasteiger charge is -2.39. The normalized spacial score (nSPS) is 48.8. The highest BCUT2D eigenvalue weighted by atomic mass is 32.1. The van der Waals surface area contributed by atoms with Crippen LogP contribution in [0.25, 0.3) is 0 Å². The second-order valence-corrected chi connectivity index (χ2v) is 5.63. The summed E-state index contributed by atoms with van der Waals surface area (Å²) in [5.41, 5.74) is 5.97. The van der Waals surface area contributed by atoms with Gasteiger partial charge in [0.1, 0.15) is 30.7 Å². The zero-order valence-corrected chi connectivity index (χ0v) is 11.5. The molecule has 0 spiro atoms. The summed E-state index contributed by atoms with van der Waals surface area (Å²) >= 11 is 5.08. The minimum Gasteiger partial charge on any atom is -0.394 e. The Kier molecular flexibility index (Phi) is 3.81. The van der Waals surface area contributed by atoms with Crippen LogP contribution in [0.4, 0.5) is 0 Å². The number of rotatable bonds is 2. The maximum atomic E-state index is 10.1. The molecule has 3 unspecified atom stereocenters. The molecule has 20 heavy (non-hydrogen) atoms. The van der Waals surface area contributed by atoms with Crippen molar-refractivity contribution >= 4 is 17.3 Å². The molecule has 0 aliphatic carbocycles. The van der Waals surface area contributed by atoms with E-state index in [1.54, 1.807) is 4.90 Å². The van der Waals surface area contributed by atoms with Crippen molar-refractivity contribution in [3.8, 4) is 0 Å². The van der Waals surface area contributed by atoms with Gasteiger partial charge in [0, 0.05) is 0 Å². The minimum absolute atomic E-state index is 0.109. The van der Waals surface area contributed by atoms with Gasteiger partial charge in [-0.05, 0) is 12.2 Å². The maximum Gasteiger partial charge on any atom is 0.168 e. The average molecular weight is 305 g/mol. The van der Waals surface area contributed by atoms with Crippen LogP contribution in [0.15, 0.2) is 0 Å². The first-order valence-corrected chi connectivity index (χ1v) is 6.88. The van der Waals surface area contributed by atoms with E-state index >= 15 is 0 Å². The molecular weight excluding hydrogens is 286 g/mol. The Morgan fingerprint density at radius 3 is 2.75 bits per heavy atom. The second kappa shape index (κ2) is 5.31. The summed E-state index contributed by atoms with van der Waals surface area (Å²) in [7, 11) is 0. The van der Waals surface area contributed by atoms with Crippen molar-refractivity contribution in [2.24, 2.45) is 5.73 Å². The van der Waals surface area contributed by atoms with E-state index in [1.807, 2.05) is 0 Å². The molecule has 7 atom stereocenters. The molecule has 0 aromatic carbocycles. The van der Waals surface area contributed by atoms with Crippen LogP contribution in [-0.4, -0.2) is 81.5 Å². The molecular formula is C10H19N5O4S. The number of nitrogens with one attached hydrogen (secondary N) is 3. The third kappa shape index (κ3) is 2.18. The molecule has 0 radical (unpaired) electrons. The lowest BCUT2D eigenvalue weighted by Crippen LogP contribution is -2.70. The van der Waals surface area contributed by atoms with Gasteiger partial charge in [-0.2, -0.15) is 0 Å². The number of thiocarbonyl (C=S) groups is 1. The molecule has 10 heteroatoms. The first kappa shape index (κ1) is 14.4. The van der Waals surface area contributed by atoms with E-state index in [2.05, 4.69) is 16.0 Å². The van der Waals surface area contributed by atoms with Crippen molar-refractivity contribution in [2.45, 2.75) is 42.9 Å². The number of ether oxygens (including phenoxy) is 1. The second-order valence-electron chi connectivity index (χ2n) is 5.22. The number of nitrogens with zero attached hydrogens (tertiary/aromatic N) is 1. The average Bonchev–Trinajstić information content (AvgIpc) is 2.93. The van der Waals surface area contributed by atoms with Crippen LogP contribution in [0.2, 0.25) is 0 Å². The van der Waals surface area contributed by atoms with E-state index < -0.39 is 24.5 Å². The lowest BCUT2D eigenvalue weighted by atomic mass is 10.1. The zero-order valence-electron chi connectivity index (χ0n) is 10.6. The highest BCUT2D eigenvalue weighted by Gasteiger charge is 2.51. The number of hydrogen-bond acceptors (Lipinski definition) is 8. The fourth-order valence-corrected chi connectivity index (χ4v) is 3.20. The first-order valence-electron chi connectivity index (χ1n) is 6.47. The molecule has 3 fully saturated rings. The number of hydrogen-bond donors (Lipinski definition) is 7. The number of aliphatic hydroxyl groups excluding tert-OH is 3. The quantitative estimate of drug-likeness (QED) is 0.251. The molecule has 8 N–H and O–H groups in total. The van der Waals surface area contributed by atoms with Gasteiger partial charge in [-0.15, -0.1) is 0 Å². The Labute approximate surface area is 121 Å². The third-order valence-corrected chi connectivity index (χ3v) is 4.25. The van der Waals surface area contributed by atoms with Crippen molar-refractivity contribution in [2.75, 3.05) is 13.3 Å². The topological polar surface area (TPSA) is 135 Å². The minimum atomic E-state index is -1.12. The van der Waals surface area contributed by atoms with Crippen LogP contribution < -0.4 is 21.7 Å². The lowest BCUT2D eigenvalue weighted by molar-refractivity contribution is -0.106. The summed E-state index contributed by atoms with van der Waals surface area (Å²) in [5, 5.41) is 38.7. The summed E-state index contributed by atoms with van der Waals surface area (Å²) < 4.78 is 5.53. The number of aliphatic hydroxyl groups is 3. The molecule has 3 aliphatic rings. The molecule has 9 nitrogen and oxygen atoms in total. The van der Waals surface area contributed by atoms with E-state index in [0.29, 0.717) is 11.8 Å². The summed E-state index contributed by atoms with van der Waals surface area (Å²) in [5.74, 6) is 0. The van der Waals surface area contributed by atoms with Crippen molar-refractivity contribution < 1.29 is 20.1 Å². The molecule has 0 bridgehead atoms. The molecule has 114 valence electrons. The van der Waals surface area contributed by atoms with Crippen LogP contribution in [0.5, 0.6) is 0 Å². The summed E-state index contributed by atoms with van der Waals surface area (Å²) in [6, 6.07) is -0.109. The van der Waals surface area contributed by atoms with E-state index in [9.17, 15) is 10.2 Å². The third-order valence-electron chi connectivity index (χ3n) is 4.01. The predicted octanol–water partition coefficient (Wildman–Crippen LogP) is -4.25. The summed E-state index contributed by atoms with van der Waals surface area (Å²) in [6.07, 6.45) is -4.35. The molecule has 0 aromatic heterocycles. The smallest absolute Gasteiger partial charge is 0.168 e. The fraction of sp³-hybridized carbons (Fsp3) is 0.900. The van der Waals surface area contributed by atoms with Gasteiger partial charge in [0.05, 0.1) is 25.5 Å². The largest absolute Gasteiger partial charge is 0.394 e. The van der Waals surface area contributed by atoms with Crippen LogP contribution in [0.1, 0.15) is 0 Å². The Balaban J connectivity index is 1.76. The Hall–Kier alpha value is -0.590.